The molecule has 0 aromatic rings. The number of thioether (sulfide) groups is 1. The van der Waals surface area contributed by atoms with Crippen LogP contribution in [0.2, 0.25) is 0 Å². The van der Waals surface area contributed by atoms with Gasteiger partial charge < -0.3 is 15.3 Å². The maximum absolute atomic E-state index is 12.3. The number of hydrogen-bond acceptors (Lipinski definition) is 3. The van der Waals surface area contributed by atoms with E-state index in [0.29, 0.717) is 24.8 Å². The molecule has 4 atom stereocenters. The number of carboxylic acid groups (broad SMARTS) is 1. The fraction of sp³-hybridized carbons (Fsp3) is 0.857. The first-order chi connectivity index (χ1) is 9.36. The van der Waals surface area contributed by atoms with E-state index in [1.165, 1.54) is 0 Å². The SMILES string of the molecule is CSCC[C@@H](NC(=O)N1CC(C)CC(C)C1C)C(=O)O. The Balaban J connectivity index is 2.65. The molecule has 1 fully saturated rings. The van der Waals surface area contributed by atoms with E-state index >= 15 is 0 Å². The summed E-state index contributed by atoms with van der Waals surface area (Å²) in [4.78, 5) is 25.3. The number of carboxylic acids is 1. The molecule has 0 aliphatic carbocycles. The predicted molar refractivity (Wildman–Crippen MR) is 82.1 cm³/mol. The molecule has 6 heteroatoms. The monoisotopic (exact) mass is 302 g/mol. The molecule has 1 heterocycles. The minimum absolute atomic E-state index is 0.154. The molecule has 0 aromatic heterocycles. The first-order valence-corrected chi connectivity index (χ1v) is 8.55. The highest BCUT2D eigenvalue weighted by Crippen LogP contribution is 2.26. The largest absolute Gasteiger partial charge is 0.480 e. The molecule has 20 heavy (non-hydrogen) atoms. The van der Waals surface area contributed by atoms with E-state index in [2.05, 4.69) is 19.2 Å². The number of urea groups is 1. The lowest BCUT2D eigenvalue weighted by atomic mass is 9.86. The minimum Gasteiger partial charge on any atom is -0.480 e. The van der Waals surface area contributed by atoms with Gasteiger partial charge in [-0.25, -0.2) is 9.59 Å². The zero-order valence-corrected chi connectivity index (χ0v) is 13.6. The maximum atomic E-state index is 12.3. The van der Waals surface area contributed by atoms with Crippen LogP contribution in [0.1, 0.15) is 33.6 Å². The number of nitrogens with one attached hydrogen (secondary N) is 1. The van der Waals surface area contributed by atoms with Crippen molar-refractivity contribution in [2.24, 2.45) is 11.8 Å². The summed E-state index contributed by atoms with van der Waals surface area (Å²) in [5.74, 6) is 0.665. The van der Waals surface area contributed by atoms with Gasteiger partial charge in [-0.05, 0) is 43.6 Å². The molecular formula is C14H26N2O3S. The lowest BCUT2D eigenvalue weighted by Gasteiger charge is -2.41. The van der Waals surface area contributed by atoms with Gasteiger partial charge in [-0.2, -0.15) is 11.8 Å². The molecule has 1 aliphatic rings. The van der Waals surface area contributed by atoms with Crippen LogP contribution in [0.15, 0.2) is 0 Å². The smallest absolute Gasteiger partial charge is 0.326 e. The second-order valence-corrected chi connectivity index (χ2v) is 6.82. The van der Waals surface area contributed by atoms with Crippen LogP contribution in [-0.4, -0.2) is 52.6 Å². The van der Waals surface area contributed by atoms with Crippen molar-refractivity contribution in [2.75, 3.05) is 18.6 Å². The van der Waals surface area contributed by atoms with Gasteiger partial charge in [0.1, 0.15) is 6.04 Å². The Morgan fingerprint density at radius 1 is 1.40 bits per heavy atom. The zero-order chi connectivity index (χ0) is 15.3. The standard InChI is InChI=1S/C14H26N2O3S/c1-9-7-10(2)11(3)16(8-9)14(19)15-12(13(17)18)5-6-20-4/h9-12H,5-8H2,1-4H3,(H,15,19)(H,17,18)/t9?,10?,11?,12-/m1/s1. The molecule has 0 bridgehead atoms. The van der Waals surface area contributed by atoms with Gasteiger partial charge in [0.2, 0.25) is 0 Å². The number of nitrogens with zero attached hydrogens (tertiary/aromatic N) is 1. The van der Waals surface area contributed by atoms with Gasteiger partial charge in [-0.15, -0.1) is 0 Å². The number of hydrogen-bond donors (Lipinski definition) is 2. The molecule has 0 radical (unpaired) electrons. The molecule has 0 spiro atoms. The number of piperidine rings is 1. The topological polar surface area (TPSA) is 69.6 Å². The van der Waals surface area contributed by atoms with Crippen LogP contribution in [0, 0.1) is 11.8 Å². The van der Waals surface area contributed by atoms with E-state index in [0.717, 1.165) is 12.2 Å². The number of rotatable bonds is 5. The lowest BCUT2D eigenvalue weighted by Crippen LogP contribution is -2.55. The summed E-state index contributed by atoms with van der Waals surface area (Å²) in [6.07, 6.45) is 3.49. The fourth-order valence-electron chi connectivity index (χ4n) is 2.71. The second kappa shape index (κ2) is 7.76. The second-order valence-electron chi connectivity index (χ2n) is 5.83. The molecule has 116 valence electrons. The zero-order valence-electron chi connectivity index (χ0n) is 12.8. The number of amides is 2. The fourth-order valence-corrected chi connectivity index (χ4v) is 3.18. The highest BCUT2D eigenvalue weighted by molar-refractivity contribution is 7.98. The van der Waals surface area contributed by atoms with E-state index in [4.69, 9.17) is 0 Å². The highest BCUT2D eigenvalue weighted by atomic mass is 32.2. The Hall–Kier alpha value is -0.910. The average Bonchev–Trinajstić information content (AvgIpc) is 2.38. The van der Waals surface area contributed by atoms with E-state index in [-0.39, 0.29) is 12.1 Å². The van der Waals surface area contributed by atoms with Crippen molar-refractivity contribution in [3.8, 4) is 0 Å². The van der Waals surface area contributed by atoms with Gasteiger partial charge >= 0.3 is 12.0 Å². The van der Waals surface area contributed by atoms with Crippen molar-refractivity contribution in [3.05, 3.63) is 0 Å². The molecular weight excluding hydrogens is 276 g/mol. The Kier molecular flexibility index (Phi) is 6.65. The van der Waals surface area contributed by atoms with Crippen LogP contribution in [-0.2, 0) is 4.79 Å². The average molecular weight is 302 g/mol. The van der Waals surface area contributed by atoms with Gasteiger partial charge in [0.15, 0.2) is 0 Å². The van der Waals surface area contributed by atoms with E-state index in [1.54, 1.807) is 16.7 Å². The molecule has 0 saturated carbocycles. The van der Waals surface area contributed by atoms with Crippen molar-refractivity contribution in [1.29, 1.82) is 0 Å². The van der Waals surface area contributed by atoms with Crippen molar-refractivity contribution in [1.82, 2.24) is 10.2 Å². The summed E-state index contributed by atoms with van der Waals surface area (Å²) < 4.78 is 0. The molecule has 0 aromatic carbocycles. The molecule has 1 saturated heterocycles. The van der Waals surface area contributed by atoms with Crippen molar-refractivity contribution in [3.63, 3.8) is 0 Å². The number of carbonyl (C=O) groups is 2. The van der Waals surface area contributed by atoms with Gasteiger partial charge in [-0.3, -0.25) is 0 Å². The lowest BCUT2D eigenvalue weighted by molar-refractivity contribution is -0.139. The van der Waals surface area contributed by atoms with E-state index in [9.17, 15) is 14.7 Å². The molecule has 1 rings (SSSR count). The van der Waals surface area contributed by atoms with E-state index < -0.39 is 12.0 Å². The summed E-state index contributed by atoms with van der Waals surface area (Å²) in [6, 6.07) is -0.889. The van der Waals surface area contributed by atoms with Crippen LogP contribution in [0.25, 0.3) is 0 Å². The number of likely N-dealkylation sites (tertiary alicyclic amines) is 1. The Bertz CT molecular complexity index is 351. The number of aliphatic carboxylic acids is 1. The molecule has 5 nitrogen and oxygen atoms in total. The van der Waals surface area contributed by atoms with Crippen molar-refractivity contribution >= 4 is 23.8 Å². The molecule has 1 aliphatic heterocycles. The van der Waals surface area contributed by atoms with Crippen LogP contribution < -0.4 is 5.32 Å². The highest BCUT2D eigenvalue weighted by Gasteiger charge is 2.33. The molecule has 2 N–H and O–H groups in total. The van der Waals surface area contributed by atoms with Crippen LogP contribution in [0.3, 0.4) is 0 Å². The third-order valence-corrected chi connectivity index (χ3v) is 4.71. The summed E-state index contributed by atoms with van der Waals surface area (Å²) in [7, 11) is 0. The summed E-state index contributed by atoms with van der Waals surface area (Å²) in [5.41, 5.74) is 0. The first kappa shape index (κ1) is 17.1. The predicted octanol–water partition coefficient (Wildman–Crippen LogP) is 2.27. The van der Waals surface area contributed by atoms with Crippen LogP contribution >= 0.6 is 11.8 Å². The Morgan fingerprint density at radius 3 is 2.60 bits per heavy atom. The molecule has 3 unspecified atom stereocenters. The van der Waals surface area contributed by atoms with Crippen molar-refractivity contribution in [2.45, 2.75) is 45.7 Å². The van der Waals surface area contributed by atoms with Crippen LogP contribution in [0.5, 0.6) is 0 Å². The minimum atomic E-state index is -0.960. The Labute approximate surface area is 125 Å². The summed E-state index contributed by atoms with van der Waals surface area (Å²) in [5, 5.41) is 11.8. The normalized spacial score (nSPS) is 28.0. The number of carbonyl (C=O) groups excluding carboxylic acids is 1. The third kappa shape index (κ3) is 4.58. The van der Waals surface area contributed by atoms with E-state index in [1.807, 2.05) is 13.2 Å². The summed E-state index contributed by atoms with van der Waals surface area (Å²) in [6.45, 7) is 7.01. The Morgan fingerprint density at radius 2 is 2.05 bits per heavy atom. The maximum Gasteiger partial charge on any atom is 0.326 e. The van der Waals surface area contributed by atoms with Gasteiger partial charge in [-0.1, -0.05) is 13.8 Å². The third-order valence-electron chi connectivity index (χ3n) is 4.06. The van der Waals surface area contributed by atoms with Gasteiger partial charge in [0.25, 0.3) is 0 Å². The van der Waals surface area contributed by atoms with Gasteiger partial charge in [0.05, 0.1) is 0 Å². The molecule has 2 amide bonds. The van der Waals surface area contributed by atoms with Gasteiger partial charge in [0, 0.05) is 12.6 Å². The van der Waals surface area contributed by atoms with Crippen LogP contribution in [0.4, 0.5) is 4.79 Å². The first-order valence-electron chi connectivity index (χ1n) is 7.15. The summed E-state index contributed by atoms with van der Waals surface area (Å²) >= 11 is 1.58. The van der Waals surface area contributed by atoms with Crippen molar-refractivity contribution < 1.29 is 14.7 Å². The quantitative estimate of drug-likeness (QED) is 0.817.